The van der Waals surface area contributed by atoms with Crippen molar-refractivity contribution in [2.75, 3.05) is 19.8 Å². The number of carbonyl (C=O) groups is 1. The summed E-state index contributed by atoms with van der Waals surface area (Å²) in [7, 11) is 0. The Morgan fingerprint density at radius 3 is 2.86 bits per heavy atom. The summed E-state index contributed by atoms with van der Waals surface area (Å²) in [6, 6.07) is 12.7. The van der Waals surface area contributed by atoms with Crippen LogP contribution < -0.4 is 4.74 Å². The monoisotopic (exact) mass is 455 g/mol. The van der Waals surface area contributed by atoms with E-state index in [9.17, 15) is 4.79 Å². The van der Waals surface area contributed by atoms with Gasteiger partial charge in [0.25, 0.3) is 5.91 Å². The number of halogens is 1. The first kappa shape index (κ1) is 19.1. The smallest absolute Gasteiger partial charge is 0.254 e. The first-order chi connectivity index (χ1) is 14.2. The number of fused-ring (bicyclic) bond motifs is 2. The SMILES string of the molecule is O=C1c2ccc(OCC3CCCO3)cc2CCN1C1CCc2cc(Br)ccc2C1. The lowest BCUT2D eigenvalue weighted by Gasteiger charge is -2.38. The van der Waals surface area contributed by atoms with E-state index >= 15 is 0 Å². The molecular formula is C24H26BrNO3. The third-order valence-corrected chi connectivity index (χ3v) is 6.95. The van der Waals surface area contributed by atoms with Crippen molar-refractivity contribution in [2.24, 2.45) is 0 Å². The van der Waals surface area contributed by atoms with Gasteiger partial charge in [-0.1, -0.05) is 22.0 Å². The Labute approximate surface area is 180 Å². The quantitative estimate of drug-likeness (QED) is 0.677. The molecule has 0 spiro atoms. The minimum absolute atomic E-state index is 0.169. The van der Waals surface area contributed by atoms with E-state index in [1.165, 1.54) is 11.1 Å². The molecular weight excluding hydrogens is 430 g/mol. The average molecular weight is 456 g/mol. The summed E-state index contributed by atoms with van der Waals surface area (Å²) in [5.41, 5.74) is 4.73. The molecule has 1 amide bonds. The van der Waals surface area contributed by atoms with Gasteiger partial charge in [-0.3, -0.25) is 4.79 Å². The molecule has 4 nitrogen and oxygen atoms in total. The summed E-state index contributed by atoms with van der Waals surface area (Å²) >= 11 is 3.56. The van der Waals surface area contributed by atoms with E-state index in [2.05, 4.69) is 39.0 Å². The van der Waals surface area contributed by atoms with Crippen molar-refractivity contribution in [3.63, 3.8) is 0 Å². The van der Waals surface area contributed by atoms with Gasteiger partial charge in [0.15, 0.2) is 0 Å². The topological polar surface area (TPSA) is 38.8 Å². The van der Waals surface area contributed by atoms with E-state index in [4.69, 9.17) is 9.47 Å². The van der Waals surface area contributed by atoms with Crippen molar-refractivity contribution in [3.05, 3.63) is 63.1 Å². The van der Waals surface area contributed by atoms with Crippen molar-refractivity contribution in [1.82, 2.24) is 4.90 Å². The number of aryl methyl sites for hydroxylation is 1. The summed E-state index contributed by atoms with van der Waals surface area (Å²) in [6.07, 6.45) is 6.30. The summed E-state index contributed by atoms with van der Waals surface area (Å²) in [5.74, 6) is 1.01. The molecule has 0 saturated carbocycles. The standard InChI is InChI=1S/C24H26BrNO3/c25-19-5-3-17-13-20(6-4-16(17)12-19)26-10-9-18-14-21(7-8-23(18)24(26)27)29-15-22-2-1-11-28-22/h3,5,7-8,12,14,20,22H,1-2,4,6,9-11,13,15H2. The van der Waals surface area contributed by atoms with Crippen molar-refractivity contribution in [2.45, 2.75) is 50.7 Å². The number of amides is 1. The van der Waals surface area contributed by atoms with E-state index < -0.39 is 0 Å². The summed E-state index contributed by atoms with van der Waals surface area (Å²) in [4.78, 5) is 15.3. The van der Waals surface area contributed by atoms with Gasteiger partial charge in [0, 0.05) is 29.2 Å². The van der Waals surface area contributed by atoms with Gasteiger partial charge < -0.3 is 14.4 Å². The zero-order chi connectivity index (χ0) is 19.8. The molecule has 0 radical (unpaired) electrons. The number of rotatable bonds is 4. The molecule has 29 heavy (non-hydrogen) atoms. The highest BCUT2D eigenvalue weighted by Crippen LogP contribution is 2.31. The van der Waals surface area contributed by atoms with Crippen LogP contribution in [-0.4, -0.2) is 42.7 Å². The van der Waals surface area contributed by atoms with Crippen LogP contribution in [0.3, 0.4) is 0 Å². The van der Waals surface area contributed by atoms with Crippen molar-refractivity contribution in [1.29, 1.82) is 0 Å². The molecule has 152 valence electrons. The molecule has 2 unspecified atom stereocenters. The Kier molecular flexibility index (Phi) is 5.35. The van der Waals surface area contributed by atoms with Gasteiger partial charge >= 0.3 is 0 Å². The zero-order valence-electron chi connectivity index (χ0n) is 16.5. The molecule has 1 saturated heterocycles. The normalized spacial score (nSPS) is 23.6. The second-order valence-electron chi connectivity index (χ2n) is 8.32. The predicted molar refractivity (Wildman–Crippen MR) is 116 cm³/mol. The molecule has 5 heteroatoms. The van der Waals surface area contributed by atoms with Crippen LogP contribution >= 0.6 is 15.9 Å². The number of benzene rings is 2. The van der Waals surface area contributed by atoms with Crippen LogP contribution in [0.5, 0.6) is 5.75 Å². The van der Waals surface area contributed by atoms with Gasteiger partial charge in [-0.25, -0.2) is 0 Å². The van der Waals surface area contributed by atoms with Gasteiger partial charge in [0.05, 0.1) is 6.10 Å². The first-order valence-corrected chi connectivity index (χ1v) is 11.4. The third-order valence-electron chi connectivity index (χ3n) is 6.46. The van der Waals surface area contributed by atoms with Crippen LogP contribution in [0.25, 0.3) is 0 Å². The van der Waals surface area contributed by atoms with Gasteiger partial charge in [0.1, 0.15) is 12.4 Å². The fraction of sp³-hybridized carbons (Fsp3) is 0.458. The van der Waals surface area contributed by atoms with Crippen LogP contribution in [0.4, 0.5) is 0 Å². The summed E-state index contributed by atoms with van der Waals surface area (Å²) in [6.45, 7) is 2.22. The molecule has 2 aromatic carbocycles. The number of nitrogens with zero attached hydrogens (tertiary/aromatic N) is 1. The number of ether oxygens (including phenoxy) is 2. The fourth-order valence-electron chi connectivity index (χ4n) is 4.86. The molecule has 0 aromatic heterocycles. The Hall–Kier alpha value is -1.85. The maximum atomic E-state index is 13.2. The molecule has 2 aliphatic heterocycles. The number of hydrogen-bond donors (Lipinski definition) is 0. The average Bonchev–Trinajstić information content (AvgIpc) is 3.26. The number of carbonyl (C=O) groups excluding carboxylic acids is 1. The van der Waals surface area contributed by atoms with Crippen LogP contribution in [0.1, 0.15) is 46.3 Å². The zero-order valence-corrected chi connectivity index (χ0v) is 18.1. The highest BCUT2D eigenvalue weighted by atomic mass is 79.9. The molecule has 1 aliphatic carbocycles. The van der Waals surface area contributed by atoms with Crippen molar-refractivity contribution < 1.29 is 14.3 Å². The molecule has 5 rings (SSSR count). The second-order valence-corrected chi connectivity index (χ2v) is 9.24. The highest BCUT2D eigenvalue weighted by molar-refractivity contribution is 9.10. The maximum absolute atomic E-state index is 13.2. The molecule has 1 fully saturated rings. The summed E-state index contributed by atoms with van der Waals surface area (Å²) in [5, 5.41) is 0. The molecule has 2 atom stereocenters. The van der Waals surface area contributed by atoms with E-state index in [0.29, 0.717) is 12.6 Å². The Morgan fingerprint density at radius 1 is 1.07 bits per heavy atom. The van der Waals surface area contributed by atoms with Crippen LogP contribution in [0.15, 0.2) is 40.9 Å². The fourth-order valence-corrected chi connectivity index (χ4v) is 5.26. The molecule has 0 N–H and O–H groups in total. The lowest BCUT2D eigenvalue weighted by molar-refractivity contribution is 0.0638. The molecule has 0 bridgehead atoms. The Morgan fingerprint density at radius 2 is 2.00 bits per heavy atom. The second kappa shape index (κ2) is 8.11. The lowest BCUT2D eigenvalue weighted by atomic mass is 9.86. The van der Waals surface area contributed by atoms with Crippen LogP contribution in [0, 0.1) is 0 Å². The van der Waals surface area contributed by atoms with E-state index in [-0.39, 0.29) is 12.0 Å². The first-order valence-electron chi connectivity index (χ1n) is 10.6. The molecule has 2 aromatic rings. The molecule has 2 heterocycles. The third kappa shape index (κ3) is 3.95. The highest BCUT2D eigenvalue weighted by Gasteiger charge is 2.32. The van der Waals surface area contributed by atoms with E-state index in [1.807, 2.05) is 18.2 Å². The molecule has 3 aliphatic rings. The summed E-state index contributed by atoms with van der Waals surface area (Å²) < 4.78 is 12.7. The maximum Gasteiger partial charge on any atom is 0.254 e. The van der Waals surface area contributed by atoms with Crippen LogP contribution in [-0.2, 0) is 24.0 Å². The Balaban J connectivity index is 1.27. The van der Waals surface area contributed by atoms with Crippen LogP contribution in [0.2, 0.25) is 0 Å². The lowest BCUT2D eigenvalue weighted by Crippen LogP contribution is -2.47. The van der Waals surface area contributed by atoms with E-state index in [0.717, 1.165) is 73.0 Å². The van der Waals surface area contributed by atoms with Gasteiger partial charge in [-0.05, 0) is 85.5 Å². The number of hydrogen-bond acceptors (Lipinski definition) is 3. The predicted octanol–water partition coefficient (Wildman–Crippen LogP) is 4.56. The minimum Gasteiger partial charge on any atom is -0.491 e. The van der Waals surface area contributed by atoms with Crippen molar-refractivity contribution in [3.8, 4) is 5.75 Å². The van der Waals surface area contributed by atoms with Crippen molar-refractivity contribution >= 4 is 21.8 Å². The van der Waals surface area contributed by atoms with Gasteiger partial charge in [-0.15, -0.1) is 0 Å². The van der Waals surface area contributed by atoms with Gasteiger partial charge in [-0.2, -0.15) is 0 Å². The Bertz CT molecular complexity index is 922. The van der Waals surface area contributed by atoms with E-state index in [1.54, 1.807) is 0 Å². The largest absolute Gasteiger partial charge is 0.491 e. The minimum atomic E-state index is 0.169. The van der Waals surface area contributed by atoms with Gasteiger partial charge in [0.2, 0.25) is 0 Å².